The molecule has 1 aromatic carbocycles. The molecular formula is C27H27F3N5O2. The maximum Gasteiger partial charge on any atom is 0.419 e. The first-order chi connectivity index (χ1) is 17.6. The van der Waals surface area contributed by atoms with Crippen LogP contribution in [-0.4, -0.2) is 32.5 Å². The summed E-state index contributed by atoms with van der Waals surface area (Å²) in [5.74, 6) is 1.45. The fraction of sp³-hybridized carbons (Fsp3) is 0.296. The number of carbonyl (C=O) groups excluding carboxylic acids is 1. The van der Waals surface area contributed by atoms with E-state index in [-0.39, 0.29) is 11.5 Å². The van der Waals surface area contributed by atoms with Crippen LogP contribution in [0.25, 0.3) is 28.2 Å². The monoisotopic (exact) mass is 510 g/mol. The number of pyridine rings is 1. The zero-order valence-corrected chi connectivity index (χ0v) is 20.7. The molecule has 0 fully saturated rings. The lowest BCUT2D eigenvalue weighted by Crippen LogP contribution is -2.14. The Morgan fingerprint density at radius 3 is 2.51 bits per heavy atom. The van der Waals surface area contributed by atoms with Crippen molar-refractivity contribution >= 4 is 17.8 Å². The number of imidazole rings is 1. The molecule has 4 rings (SSSR count). The molecule has 193 valence electrons. The van der Waals surface area contributed by atoms with Crippen LogP contribution in [0.15, 0.2) is 48.7 Å². The zero-order chi connectivity index (χ0) is 26.7. The van der Waals surface area contributed by atoms with Crippen molar-refractivity contribution in [3.63, 3.8) is 0 Å². The van der Waals surface area contributed by atoms with Crippen LogP contribution in [0.2, 0.25) is 0 Å². The number of aldehydes is 1. The summed E-state index contributed by atoms with van der Waals surface area (Å²) in [6.45, 7) is 6.20. The van der Waals surface area contributed by atoms with Gasteiger partial charge in [0.05, 0.1) is 29.3 Å². The third-order valence-electron chi connectivity index (χ3n) is 5.91. The molecule has 7 nitrogen and oxygen atoms in total. The van der Waals surface area contributed by atoms with Gasteiger partial charge in [-0.1, -0.05) is 13.8 Å². The Bertz CT molecular complexity index is 1400. The maximum atomic E-state index is 13.4. The van der Waals surface area contributed by atoms with Gasteiger partial charge in [0.2, 0.25) is 0 Å². The van der Waals surface area contributed by atoms with Gasteiger partial charge in [0.25, 0.3) is 0 Å². The van der Waals surface area contributed by atoms with Gasteiger partial charge in [-0.05, 0) is 61.7 Å². The number of fused-ring (bicyclic) bond motifs is 1. The van der Waals surface area contributed by atoms with E-state index in [1.807, 2.05) is 38.1 Å². The number of halogens is 3. The molecule has 3 aromatic heterocycles. The quantitative estimate of drug-likeness (QED) is 0.279. The van der Waals surface area contributed by atoms with Crippen molar-refractivity contribution in [2.45, 2.75) is 39.8 Å². The molecule has 2 N–H and O–H groups in total. The molecule has 0 aliphatic heterocycles. The van der Waals surface area contributed by atoms with Crippen LogP contribution in [0.3, 0.4) is 0 Å². The minimum atomic E-state index is -4.63. The molecule has 0 saturated carbocycles. The normalized spacial score (nSPS) is 12.7. The van der Waals surface area contributed by atoms with Gasteiger partial charge >= 0.3 is 6.18 Å². The minimum absolute atomic E-state index is 0.120. The number of alkyl halides is 3. The Hall–Kier alpha value is -3.95. The van der Waals surface area contributed by atoms with E-state index in [1.165, 1.54) is 16.6 Å². The summed E-state index contributed by atoms with van der Waals surface area (Å²) in [6, 6.07) is 11.9. The van der Waals surface area contributed by atoms with Gasteiger partial charge in [-0.15, -0.1) is 0 Å². The number of rotatable bonds is 9. The van der Waals surface area contributed by atoms with Crippen LogP contribution in [0.4, 0.5) is 19.0 Å². The van der Waals surface area contributed by atoms with E-state index >= 15 is 0 Å². The molecule has 1 atom stereocenters. The van der Waals surface area contributed by atoms with Crippen molar-refractivity contribution in [3.05, 3.63) is 65.8 Å². The second-order valence-corrected chi connectivity index (χ2v) is 9.20. The second-order valence-electron chi connectivity index (χ2n) is 9.20. The molecule has 0 bridgehead atoms. The van der Waals surface area contributed by atoms with E-state index in [2.05, 4.69) is 15.1 Å². The molecule has 4 aromatic rings. The number of aromatic nitrogens is 4. The van der Waals surface area contributed by atoms with E-state index < -0.39 is 17.6 Å². The van der Waals surface area contributed by atoms with Crippen molar-refractivity contribution in [1.82, 2.24) is 19.6 Å². The van der Waals surface area contributed by atoms with Crippen molar-refractivity contribution in [3.8, 4) is 28.3 Å². The Kier molecular flexibility index (Phi) is 7.47. The Morgan fingerprint density at radius 2 is 1.86 bits per heavy atom. The highest BCUT2D eigenvalue weighted by Crippen LogP contribution is 2.36. The lowest BCUT2D eigenvalue weighted by atomic mass is 9.95. The first-order valence-corrected chi connectivity index (χ1v) is 11.7. The Labute approximate surface area is 212 Å². The number of benzene rings is 1. The van der Waals surface area contributed by atoms with Crippen LogP contribution in [0.5, 0.6) is 5.75 Å². The molecule has 0 aliphatic carbocycles. The van der Waals surface area contributed by atoms with Gasteiger partial charge in [0.1, 0.15) is 17.9 Å². The summed E-state index contributed by atoms with van der Waals surface area (Å²) in [5, 5.41) is 4.65. The second kappa shape index (κ2) is 10.6. The molecule has 1 radical (unpaired) electrons. The fourth-order valence-electron chi connectivity index (χ4n) is 4.22. The first-order valence-electron chi connectivity index (χ1n) is 11.7. The van der Waals surface area contributed by atoms with E-state index in [1.54, 1.807) is 19.1 Å². The van der Waals surface area contributed by atoms with Crippen LogP contribution in [0, 0.1) is 18.8 Å². The standard InChI is InChI=1S/C27H27F3N5O2/c1-16(2)12-18(10-11-36)15-37-21-6-4-19(5-7-21)23-8-9-24-33-17(3)25(35(24)34-23)20-13-22(27(28,29)30)26(31)32-14-20/h4-9,11,13-14,18H,10,12,15H2,1-3H3,(H2,31,32). The van der Waals surface area contributed by atoms with E-state index in [4.69, 9.17) is 10.5 Å². The molecule has 0 spiro atoms. The number of carbonyl (C=O) groups is 1. The molecule has 37 heavy (non-hydrogen) atoms. The van der Waals surface area contributed by atoms with E-state index in [0.29, 0.717) is 41.5 Å². The molecule has 1 unspecified atom stereocenters. The fourth-order valence-corrected chi connectivity index (χ4v) is 4.22. The Morgan fingerprint density at radius 1 is 1.14 bits per heavy atom. The number of hydrogen-bond donors (Lipinski definition) is 1. The minimum Gasteiger partial charge on any atom is -0.493 e. The molecular weight excluding hydrogens is 483 g/mol. The van der Waals surface area contributed by atoms with E-state index in [0.717, 1.165) is 24.3 Å². The van der Waals surface area contributed by atoms with Gasteiger partial charge in [0.15, 0.2) is 5.65 Å². The van der Waals surface area contributed by atoms with Gasteiger partial charge in [-0.25, -0.2) is 14.5 Å². The van der Waals surface area contributed by atoms with Gasteiger partial charge in [-0.2, -0.15) is 18.3 Å². The highest BCUT2D eigenvalue weighted by molar-refractivity contribution is 5.70. The Balaban J connectivity index is 1.62. The average molecular weight is 511 g/mol. The SMILES string of the molecule is C[C](C)CC(CC=O)COc1ccc(-c2ccc3nc(C)c(-c4cnc(N)c(C(F)(F)F)c4)n3n2)cc1. The largest absolute Gasteiger partial charge is 0.493 e. The van der Waals surface area contributed by atoms with Crippen LogP contribution in [-0.2, 0) is 11.0 Å². The van der Waals surface area contributed by atoms with Crippen molar-refractivity contribution in [2.75, 3.05) is 12.3 Å². The highest BCUT2D eigenvalue weighted by atomic mass is 19.4. The van der Waals surface area contributed by atoms with Gasteiger partial charge < -0.3 is 15.3 Å². The van der Waals surface area contributed by atoms with Crippen LogP contribution < -0.4 is 10.5 Å². The van der Waals surface area contributed by atoms with Crippen molar-refractivity contribution < 1.29 is 22.7 Å². The van der Waals surface area contributed by atoms with Gasteiger partial charge in [-0.3, -0.25) is 0 Å². The summed E-state index contributed by atoms with van der Waals surface area (Å²) in [7, 11) is 0. The lowest BCUT2D eigenvalue weighted by molar-refractivity contribution is -0.137. The number of nitrogens with zero attached hydrogens (tertiary/aromatic N) is 4. The van der Waals surface area contributed by atoms with Crippen molar-refractivity contribution in [1.29, 1.82) is 0 Å². The predicted molar refractivity (Wildman–Crippen MR) is 135 cm³/mol. The number of hydrogen-bond acceptors (Lipinski definition) is 6. The number of aryl methyl sites for hydroxylation is 1. The maximum absolute atomic E-state index is 13.4. The third kappa shape index (κ3) is 5.90. The van der Waals surface area contributed by atoms with Crippen molar-refractivity contribution in [2.24, 2.45) is 5.92 Å². The topological polar surface area (TPSA) is 95.4 Å². The smallest absolute Gasteiger partial charge is 0.419 e. The number of nitrogen functional groups attached to an aromatic ring is 1. The molecule has 0 amide bonds. The molecule has 10 heteroatoms. The molecule has 0 saturated heterocycles. The zero-order valence-electron chi connectivity index (χ0n) is 20.7. The molecule has 0 aliphatic rings. The number of nitrogens with two attached hydrogens (primary N) is 1. The summed E-state index contributed by atoms with van der Waals surface area (Å²) in [5.41, 5.74) is 7.48. The average Bonchev–Trinajstić information content (AvgIpc) is 3.17. The summed E-state index contributed by atoms with van der Waals surface area (Å²) >= 11 is 0. The van der Waals surface area contributed by atoms with Crippen LogP contribution in [0.1, 0.15) is 37.9 Å². The summed E-state index contributed by atoms with van der Waals surface area (Å²) < 4.78 is 47.6. The summed E-state index contributed by atoms with van der Waals surface area (Å²) in [4.78, 5) is 19.2. The van der Waals surface area contributed by atoms with E-state index in [9.17, 15) is 18.0 Å². The number of anilines is 1. The summed E-state index contributed by atoms with van der Waals surface area (Å²) in [6.07, 6.45) is -1.17. The third-order valence-corrected chi connectivity index (χ3v) is 5.91. The first kappa shape index (κ1) is 26.1. The lowest BCUT2D eigenvalue weighted by Gasteiger charge is -2.17. The number of ether oxygens (including phenoxy) is 1. The van der Waals surface area contributed by atoms with Crippen LogP contribution >= 0.6 is 0 Å². The predicted octanol–water partition coefficient (Wildman–Crippen LogP) is 5.96. The van der Waals surface area contributed by atoms with Gasteiger partial charge in [0, 0.05) is 29.7 Å². The highest BCUT2D eigenvalue weighted by Gasteiger charge is 2.34. The molecule has 3 heterocycles.